The quantitative estimate of drug-likeness (QED) is 0.717. The summed E-state index contributed by atoms with van der Waals surface area (Å²) in [5.74, 6) is 0.142. The van der Waals surface area contributed by atoms with Crippen LogP contribution in [0.5, 0.6) is 0 Å². The van der Waals surface area contributed by atoms with Crippen molar-refractivity contribution in [3.63, 3.8) is 0 Å². The van der Waals surface area contributed by atoms with E-state index in [2.05, 4.69) is 9.97 Å². The summed E-state index contributed by atoms with van der Waals surface area (Å²) in [5.41, 5.74) is 0.947. The molecule has 0 fully saturated rings. The monoisotopic (exact) mass is 186 g/mol. The molecule has 2 heterocycles. The van der Waals surface area contributed by atoms with Crippen LogP contribution in [0.25, 0.3) is 10.8 Å². The van der Waals surface area contributed by atoms with Gasteiger partial charge in [-0.25, -0.2) is 0 Å². The standard InChI is InChI=1S/C11H10N2O/c1-8(14)4-10-6-13-5-9-2-3-12-7-11(9)10/h2-3,5-7H,4H2,1H3. The number of Topliss-reactive ketones (excluding diaryl/α,β-unsaturated/α-hetero) is 1. The van der Waals surface area contributed by atoms with Crippen LogP contribution >= 0.6 is 0 Å². The van der Waals surface area contributed by atoms with Crippen molar-refractivity contribution in [3.8, 4) is 0 Å². The molecule has 0 aliphatic heterocycles. The van der Waals surface area contributed by atoms with E-state index in [1.165, 1.54) is 0 Å². The van der Waals surface area contributed by atoms with E-state index >= 15 is 0 Å². The van der Waals surface area contributed by atoms with Crippen LogP contribution in [0.2, 0.25) is 0 Å². The van der Waals surface area contributed by atoms with E-state index in [1.807, 2.05) is 6.07 Å². The normalized spacial score (nSPS) is 10.4. The van der Waals surface area contributed by atoms with Crippen LogP contribution in [0.4, 0.5) is 0 Å². The smallest absolute Gasteiger partial charge is 0.134 e. The van der Waals surface area contributed by atoms with E-state index in [0.29, 0.717) is 6.42 Å². The minimum Gasteiger partial charge on any atom is -0.300 e. The van der Waals surface area contributed by atoms with Gasteiger partial charge in [-0.2, -0.15) is 0 Å². The van der Waals surface area contributed by atoms with Gasteiger partial charge in [-0.3, -0.25) is 14.8 Å². The minimum absolute atomic E-state index is 0.142. The average Bonchev–Trinajstić information content (AvgIpc) is 2.18. The van der Waals surface area contributed by atoms with Gasteiger partial charge in [0.15, 0.2) is 0 Å². The molecular formula is C11H10N2O. The number of ketones is 1. The van der Waals surface area contributed by atoms with Crippen LogP contribution in [-0.2, 0) is 11.2 Å². The molecule has 2 aromatic rings. The van der Waals surface area contributed by atoms with Crippen molar-refractivity contribution in [1.82, 2.24) is 9.97 Å². The number of nitrogens with zero attached hydrogens (tertiary/aromatic N) is 2. The SMILES string of the molecule is CC(=O)Cc1cncc2ccncc12. The first-order valence-electron chi connectivity index (χ1n) is 4.43. The van der Waals surface area contributed by atoms with E-state index in [9.17, 15) is 4.79 Å². The number of hydrogen-bond donors (Lipinski definition) is 0. The van der Waals surface area contributed by atoms with Crippen LogP contribution in [0, 0.1) is 0 Å². The second-order valence-electron chi connectivity index (χ2n) is 3.27. The highest BCUT2D eigenvalue weighted by atomic mass is 16.1. The van der Waals surface area contributed by atoms with Crippen molar-refractivity contribution in [2.75, 3.05) is 0 Å². The summed E-state index contributed by atoms with van der Waals surface area (Å²) in [6.45, 7) is 1.58. The average molecular weight is 186 g/mol. The fraction of sp³-hybridized carbons (Fsp3) is 0.182. The maximum absolute atomic E-state index is 11.0. The van der Waals surface area contributed by atoms with Crippen molar-refractivity contribution in [1.29, 1.82) is 0 Å². The lowest BCUT2D eigenvalue weighted by Gasteiger charge is -2.02. The molecule has 14 heavy (non-hydrogen) atoms. The summed E-state index contributed by atoms with van der Waals surface area (Å²) in [5, 5.41) is 2.04. The lowest BCUT2D eigenvalue weighted by Crippen LogP contribution is -1.98. The molecule has 0 aliphatic rings. The van der Waals surface area contributed by atoms with Crippen molar-refractivity contribution < 1.29 is 4.79 Å². The molecule has 2 aromatic heterocycles. The molecule has 70 valence electrons. The summed E-state index contributed by atoms with van der Waals surface area (Å²) in [6.07, 6.45) is 7.43. The van der Waals surface area contributed by atoms with Gasteiger partial charge in [0.25, 0.3) is 0 Å². The third-order valence-corrected chi connectivity index (χ3v) is 2.08. The fourth-order valence-corrected chi connectivity index (χ4v) is 1.47. The number of carbonyl (C=O) groups excluding carboxylic acids is 1. The predicted octanol–water partition coefficient (Wildman–Crippen LogP) is 1.76. The van der Waals surface area contributed by atoms with E-state index in [4.69, 9.17) is 0 Å². The van der Waals surface area contributed by atoms with E-state index < -0.39 is 0 Å². The summed E-state index contributed by atoms with van der Waals surface area (Å²) in [4.78, 5) is 19.1. The Kier molecular flexibility index (Phi) is 2.23. The molecule has 2 rings (SSSR count). The summed E-state index contributed by atoms with van der Waals surface area (Å²) in [7, 11) is 0. The number of carbonyl (C=O) groups is 1. The van der Waals surface area contributed by atoms with Gasteiger partial charge in [-0.1, -0.05) is 0 Å². The van der Waals surface area contributed by atoms with E-state index in [1.54, 1.807) is 31.7 Å². The molecule has 0 atom stereocenters. The van der Waals surface area contributed by atoms with Crippen molar-refractivity contribution >= 4 is 16.6 Å². The zero-order chi connectivity index (χ0) is 9.97. The molecule has 0 aromatic carbocycles. The Labute approximate surface area is 81.8 Å². The zero-order valence-corrected chi connectivity index (χ0v) is 7.90. The topological polar surface area (TPSA) is 42.9 Å². The van der Waals surface area contributed by atoms with Gasteiger partial charge in [0, 0.05) is 42.0 Å². The zero-order valence-electron chi connectivity index (χ0n) is 7.90. The maximum atomic E-state index is 11.0. The molecule has 0 aliphatic carbocycles. The Morgan fingerprint density at radius 2 is 2.14 bits per heavy atom. The van der Waals surface area contributed by atoms with Gasteiger partial charge in [0.05, 0.1) is 0 Å². The molecule has 0 radical (unpaired) electrons. The van der Waals surface area contributed by atoms with Gasteiger partial charge in [0.2, 0.25) is 0 Å². The van der Waals surface area contributed by atoms with Crippen LogP contribution in [0.15, 0.2) is 30.9 Å². The molecule has 3 heteroatoms. The van der Waals surface area contributed by atoms with Crippen LogP contribution in [0.3, 0.4) is 0 Å². The number of rotatable bonds is 2. The van der Waals surface area contributed by atoms with Crippen LogP contribution < -0.4 is 0 Å². The summed E-state index contributed by atoms with van der Waals surface area (Å²) < 4.78 is 0. The first kappa shape index (κ1) is 8.81. The third kappa shape index (κ3) is 1.62. The first-order valence-corrected chi connectivity index (χ1v) is 4.43. The Balaban J connectivity index is 2.59. The Bertz CT molecular complexity index is 474. The minimum atomic E-state index is 0.142. The maximum Gasteiger partial charge on any atom is 0.134 e. The number of pyridine rings is 2. The number of hydrogen-bond acceptors (Lipinski definition) is 3. The third-order valence-electron chi connectivity index (χ3n) is 2.08. The van der Waals surface area contributed by atoms with E-state index in [-0.39, 0.29) is 5.78 Å². The van der Waals surface area contributed by atoms with Crippen molar-refractivity contribution in [2.45, 2.75) is 13.3 Å². The van der Waals surface area contributed by atoms with Crippen LogP contribution in [0.1, 0.15) is 12.5 Å². The molecule has 0 bridgehead atoms. The van der Waals surface area contributed by atoms with Crippen molar-refractivity contribution in [2.24, 2.45) is 0 Å². The highest BCUT2D eigenvalue weighted by Crippen LogP contribution is 2.16. The Hall–Kier alpha value is -1.77. The van der Waals surface area contributed by atoms with Gasteiger partial charge in [0.1, 0.15) is 5.78 Å². The molecule has 0 saturated heterocycles. The number of aromatic nitrogens is 2. The largest absolute Gasteiger partial charge is 0.300 e. The lowest BCUT2D eigenvalue weighted by molar-refractivity contribution is -0.116. The number of fused-ring (bicyclic) bond motifs is 1. The molecule has 0 amide bonds. The lowest BCUT2D eigenvalue weighted by atomic mass is 10.1. The van der Waals surface area contributed by atoms with Gasteiger partial charge in [-0.15, -0.1) is 0 Å². The van der Waals surface area contributed by atoms with Gasteiger partial charge >= 0.3 is 0 Å². The highest BCUT2D eigenvalue weighted by Gasteiger charge is 2.03. The predicted molar refractivity (Wildman–Crippen MR) is 53.9 cm³/mol. The Morgan fingerprint density at radius 1 is 1.29 bits per heavy atom. The molecule has 0 unspecified atom stereocenters. The Morgan fingerprint density at radius 3 is 2.93 bits per heavy atom. The second-order valence-corrected chi connectivity index (χ2v) is 3.27. The van der Waals surface area contributed by atoms with E-state index in [0.717, 1.165) is 16.3 Å². The van der Waals surface area contributed by atoms with Crippen LogP contribution in [-0.4, -0.2) is 15.8 Å². The summed E-state index contributed by atoms with van der Waals surface area (Å²) >= 11 is 0. The molecule has 0 spiro atoms. The molecule has 0 N–H and O–H groups in total. The fourth-order valence-electron chi connectivity index (χ4n) is 1.47. The highest BCUT2D eigenvalue weighted by molar-refractivity contribution is 5.88. The first-order chi connectivity index (χ1) is 6.77. The van der Waals surface area contributed by atoms with Gasteiger partial charge in [-0.05, 0) is 18.6 Å². The molecule has 0 saturated carbocycles. The molecule has 3 nitrogen and oxygen atoms in total. The van der Waals surface area contributed by atoms with Gasteiger partial charge < -0.3 is 0 Å². The second kappa shape index (κ2) is 3.54. The molecular weight excluding hydrogens is 176 g/mol. The summed E-state index contributed by atoms with van der Waals surface area (Å²) in [6, 6.07) is 1.89. The van der Waals surface area contributed by atoms with Crippen molar-refractivity contribution in [3.05, 3.63) is 36.4 Å².